The molecule has 0 aliphatic carbocycles. The molecule has 0 atom stereocenters. The second-order valence-electron chi connectivity index (χ2n) is 4.85. The van der Waals surface area contributed by atoms with Crippen LogP contribution in [0.3, 0.4) is 0 Å². The monoisotopic (exact) mass is 287 g/mol. The Kier molecular flexibility index (Phi) is 3.77. The van der Waals surface area contributed by atoms with Crippen molar-refractivity contribution in [2.45, 2.75) is 0 Å². The van der Waals surface area contributed by atoms with E-state index < -0.39 is 0 Å². The molecule has 2 heterocycles. The Morgan fingerprint density at radius 2 is 1.86 bits per heavy atom. The van der Waals surface area contributed by atoms with Gasteiger partial charge in [-0.1, -0.05) is 5.16 Å². The summed E-state index contributed by atoms with van der Waals surface area (Å²) >= 11 is 0. The van der Waals surface area contributed by atoms with Crippen LogP contribution in [0.2, 0.25) is 0 Å². The first-order chi connectivity index (χ1) is 10.3. The molecule has 21 heavy (non-hydrogen) atoms. The minimum atomic E-state index is -0.0955. The van der Waals surface area contributed by atoms with Crippen molar-refractivity contribution < 1.29 is 14.1 Å². The molecule has 0 bridgehead atoms. The maximum atomic E-state index is 12.1. The fourth-order valence-corrected chi connectivity index (χ4v) is 2.44. The normalized spacial score (nSPS) is 15.1. The van der Waals surface area contributed by atoms with E-state index in [0.29, 0.717) is 18.8 Å². The molecule has 0 radical (unpaired) electrons. The third-order valence-electron chi connectivity index (χ3n) is 3.65. The third kappa shape index (κ3) is 2.84. The zero-order valence-electron chi connectivity index (χ0n) is 11.9. The molecule has 110 valence electrons. The van der Waals surface area contributed by atoms with Crippen molar-refractivity contribution in [3.63, 3.8) is 0 Å². The summed E-state index contributed by atoms with van der Waals surface area (Å²) in [5, 5.41) is 3.57. The fourth-order valence-electron chi connectivity index (χ4n) is 2.44. The number of carbonyl (C=O) groups is 1. The van der Waals surface area contributed by atoms with Gasteiger partial charge in [-0.25, -0.2) is 0 Å². The van der Waals surface area contributed by atoms with Gasteiger partial charge < -0.3 is 19.1 Å². The molecule has 1 aromatic heterocycles. The van der Waals surface area contributed by atoms with Crippen LogP contribution in [-0.2, 0) is 0 Å². The van der Waals surface area contributed by atoms with Crippen LogP contribution in [0.1, 0.15) is 10.6 Å². The first-order valence-corrected chi connectivity index (χ1v) is 6.87. The van der Waals surface area contributed by atoms with Gasteiger partial charge in [-0.15, -0.1) is 0 Å². The Bertz CT molecular complexity index is 587. The van der Waals surface area contributed by atoms with Crippen LogP contribution in [0, 0.1) is 0 Å². The van der Waals surface area contributed by atoms with Gasteiger partial charge in [0.25, 0.3) is 5.91 Å². The predicted octanol–water partition coefficient (Wildman–Crippen LogP) is 1.65. The molecule has 0 spiro atoms. The molecule has 1 aliphatic rings. The third-order valence-corrected chi connectivity index (χ3v) is 3.65. The lowest BCUT2D eigenvalue weighted by molar-refractivity contribution is 0.0705. The first-order valence-electron chi connectivity index (χ1n) is 6.87. The van der Waals surface area contributed by atoms with Crippen molar-refractivity contribution in [1.29, 1.82) is 0 Å². The van der Waals surface area contributed by atoms with Crippen LogP contribution in [0.5, 0.6) is 5.75 Å². The van der Waals surface area contributed by atoms with Crippen molar-refractivity contribution in [3.05, 3.63) is 42.3 Å². The average Bonchev–Trinajstić information content (AvgIpc) is 3.09. The highest BCUT2D eigenvalue weighted by Gasteiger charge is 2.24. The number of piperazine rings is 1. The van der Waals surface area contributed by atoms with Crippen molar-refractivity contribution >= 4 is 11.6 Å². The number of nitrogens with zero attached hydrogens (tertiary/aromatic N) is 3. The van der Waals surface area contributed by atoms with Crippen molar-refractivity contribution in [3.8, 4) is 5.75 Å². The van der Waals surface area contributed by atoms with Crippen molar-refractivity contribution in [2.24, 2.45) is 0 Å². The maximum Gasteiger partial charge on any atom is 0.292 e. The molecule has 1 aliphatic heterocycles. The molecule has 2 aromatic rings. The van der Waals surface area contributed by atoms with Crippen LogP contribution >= 0.6 is 0 Å². The summed E-state index contributed by atoms with van der Waals surface area (Å²) in [4.78, 5) is 16.2. The van der Waals surface area contributed by atoms with Crippen molar-refractivity contribution in [1.82, 2.24) is 10.1 Å². The summed E-state index contributed by atoms with van der Waals surface area (Å²) in [6.07, 6.45) is 1.49. The molecular formula is C15H17N3O3. The molecule has 1 amide bonds. The topological polar surface area (TPSA) is 58.8 Å². The number of ether oxygens (including phenoxy) is 1. The smallest absolute Gasteiger partial charge is 0.292 e. The molecule has 1 aromatic carbocycles. The molecule has 1 saturated heterocycles. The predicted molar refractivity (Wildman–Crippen MR) is 77.6 cm³/mol. The van der Waals surface area contributed by atoms with E-state index in [4.69, 9.17) is 9.26 Å². The summed E-state index contributed by atoms with van der Waals surface area (Å²) in [6, 6.07) is 9.56. The van der Waals surface area contributed by atoms with Gasteiger partial charge in [-0.2, -0.15) is 0 Å². The zero-order valence-corrected chi connectivity index (χ0v) is 11.9. The summed E-state index contributed by atoms with van der Waals surface area (Å²) in [7, 11) is 1.66. The molecular weight excluding hydrogens is 270 g/mol. The number of hydrogen-bond acceptors (Lipinski definition) is 5. The SMILES string of the molecule is COc1ccc(N2CCN(C(=O)c3ccno3)CC2)cc1. The van der Waals surface area contributed by atoms with Gasteiger partial charge in [0.15, 0.2) is 0 Å². The average molecular weight is 287 g/mol. The number of aromatic nitrogens is 1. The van der Waals surface area contributed by atoms with Gasteiger partial charge in [-0.3, -0.25) is 4.79 Å². The summed E-state index contributed by atoms with van der Waals surface area (Å²) < 4.78 is 10.1. The lowest BCUT2D eigenvalue weighted by atomic mass is 10.2. The lowest BCUT2D eigenvalue weighted by Crippen LogP contribution is -2.48. The number of amides is 1. The minimum absolute atomic E-state index is 0.0955. The summed E-state index contributed by atoms with van der Waals surface area (Å²) in [6.45, 7) is 2.94. The Morgan fingerprint density at radius 1 is 1.14 bits per heavy atom. The van der Waals surface area contributed by atoms with Crippen LogP contribution in [0.15, 0.2) is 41.1 Å². The van der Waals surface area contributed by atoms with E-state index in [2.05, 4.69) is 10.1 Å². The van der Waals surface area contributed by atoms with E-state index in [1.807, 2.05) is 24.3 Å². The highest BCUT2D eigenvalue weighted by Crippen LogP contribution is 2.20. The minimum Gasteiger partial charge on any atom is -0.497 e. The Labute approximate surface area is 122 Å². The maximum absolute atomic E-state index is 12.1. The van der Waals surface area contributed by atoms with E-state index in [0.717, 1.165) is 24.5 Å². The molecule has 6 nitrogen and oxygen atoms in total. The highest BCUT2D eigenvalue weighted by atomic mass is 16.5. The number of hydrogen-bond donors (Lipinski definition) is 0. The highest BCUT2D eigenvalue weighted by molar-refractivity contribution is 5.91. The van der Waals surface area contributed by atoms with Gasteiger partial charge in [0.1, 0.15) is 5.75 Å². The van der Waals surface area contributed by atoms with Gasteiger partial charge in [-0.05, 0) is 24.3 Å². The van der Waals surface area contributed by atoms with E-state index in [-0.39, 0.29) is 5.91 Å². The van der Waals surface area contributed by atoms with Crippen LogP contribution in [0.25, 0.3) is 0 Å². The largest absolute Gasteiger partial charge is 0.497 e. The number of methoxy groups -OCH3 is 1. The summed E-state index contributed by atoms with van der Waals surface area (Å²) in [5.74, 6) is 1.05. The lowest BCUT2D eigenvalue weighted by Gasteiger charge is -2.35. The van der Waals surface area contributed by atoms with Gasteiger partial charge in [0.05, 0.1) is 13.3 Å². The number of rotatable bonds is 3. The van der Waals surface area contributed by atoms with Gasteiger partial charge in [0, 0.05) is 37.9 Å². The zero-order chi connectivity index (χ0) is 14.7. The Hall–Kier alpha value is -2.50. The van der Waals surface area contributed by atoms with E-state index >= 15 is 0 Å². The number of anilines is 1. The second kappa shape index (κ2) is 5.87. The number of carbonyl (C=O) groups excluding carboxylic acids is 1. The van der Waals surface area contributed by atoms with Crippen LogP contribution in [0.4, 0.5) is 5.69 Å². The van der Waals surface area contributed by atoms with E-state index in [9.17, 15) is 4.79 Å². The van der Waals surface area contributed by atoms with Gasteiger partial charge in [0.2, 0.25) is 5.76 Å². The van der Waals surface area contributed by atoms with Crippen molar-refractivity contribution in [2.75, 3.05) is 38.2 Å². The molecule has 6 heteroatoms. The Balaban J connectivity index is 1.60. The quantitative estimate of drug-likeness (QED) is 0.859. The first kappa shape index (κ1) is 13.5. The van der Waals surface area contributed by atoms with Gasteiger partial charge >= 0.3 is 0 Å². The van der Waals surface area contributed by atoms with Crippen LogP contribution in [-0.4, -0.2) is 49.3 Å². The van der Waals surface area contributed by atoms with E-state index in [1.54, 1.807) is 18.1 Å². The number of benzene rings is 1. The fraction of sp³-hybridized carbons (Fsp3) is 0.333. The molecule has 0 N–H and O–H groups in total. The van der Waals surface area contributed by atoms with Crippen LogP contribution < -0.4 is 9.64 Å². The molecule has 3 rings (SSSR count). The molecule has 0 unspecified atom stereocenters. The second-order valence-corrected chi connectivity index (χ2v) is 4.85. The summed E-state index contributed by atoms with van der Waals surface area (Å²) in [5.41, 5.74) is 1.14. The molecule has 0 saturated carbocycles. The van der Waals surface area contributed by atoms with E-state index in [1.165, 1.54) is 6.20 Å². The standard InChI is InChI=1S/C15H17N3O3/c1-20-13-4-2-12(3-5-13)17-8-10-18(11-9-17)15(19)14-6-7-16-21-14/h2-7H,8-11H2,1H3. The molecule has 1 fully saturated rings. The Morgan fingerprint density at radius 3 is 2.43 bits per heavy atom.